The molecule has 3 N–H and O–H groups in total. The summed E-state index contributed by atoms with van der Waals surface area (Å²) in [5.74, 6) is 2.30. The van der Waals surface area contributed by atoms with E-state index in [1.165, 1.54) is 17.1 Å². The van der Waals surface area contributed by atoms with E-state index in [0.717, 1.165) is 30.9 Å². The predicted molar refractivity (Wildman–Crippen MR) is 81.5 cm³/mol. The highest BCUT2D eigenvalue weighted by atomic mass is 32.2. The summed E-state index contributed by atoms with van der Waals surface area (Å²) < 4.78 is 0. The number of rotatable bonds is 4. The predicted octanol–water partition coefficient (Wildman–Crippen LogP) is 1.44. The van der Waals surface area contributed by atoms with Crippen LogP contribution in [0.25, 0.3) is 0 Å². The van der Waals surface area contributed by atoms with E-state index < -0.39 is 0 Å². The van der Waals surface area contributed by atoms with E-state index in [1.807, 2.05) is 24.8 Å². The summed E-state index contributed by atoms with van der Waals surface area (Å²) in [6.07, 6.45) is 0. The minimum atomic E-state index is -0.149. The smallest absolute Gasteiger partial charge is 0.238 e. The van der Waals surface area contributed by atoms with Gasteiger partial charge in [0.2, 0.25) is 5.91 Å². The molecule has 1 aliphatic heterocycles. The Hall–Kier alpha value is -1.04. The van der Waals surface area contributed by atoms with Crippen LogP contribution in [0.4, 0.5) is 5.69 Å². The van der Waals surface area contributed by atoms with Crippen molar-refractivity contribution in [1.29, 1.82) is 0 Å². The van der Waals surface area contributed by atoms with E-state index >= 15 is 0 Å². The Kier molecular flexibility index (Phi) is 5.24. The van der Waals surface area contributed by atoms with Gasteiger partial charge < -0.3 is 11.1 Å². The minimum Gasteiger partial charge on any atom is -0.325 e. The van der Waals surface area contributed by atoms with Gasteiger partial charge >= 0.3 is 0 Å². The van der Waals surface area contributed by atoms with E-state index in [1.54, 1.807) is 0 Å². The van der Waals surface area contributed by atoms with Crippen molar-refractivity contribution >= 4 is 23.4 Å². The first-order chi connectivity index (χ1) is 9.19. The van der Waals surface area contributed by atoms with E-state index in [9.17, 15) is 4.79 Å². The number of aryl methyl sites for hydroxylation is 1. The lowest BCUT2D eigenvalue weighted by Gasteiger charge is -2.26. The fourth-order valence-electron chi connectivity index (χ4n) is 2.18. The molecule has 0 aromatic heterocycles. The van der Waals surface area contributed by atoms with Crippen LogP contribution in [0.3, 0.4) is 0 Å². The lowest BCUT2D eigenvalue weighted by atomic mass is 10.1. The van der Waals surface area contributed by atoms with Crippen LogP contribution >= 0.6 is 11.8 Å². The van der Waals surface area contributed by atoms with Gasteiger partial charge in [-0.25, -0.2) is 0 Å². The molecule has 1 heterocycles. The van der Waals surface area contributed by atoms with Crippen molar-refractivity contribution in [3.63, 3.8) is 0 Å². The molecule has 1 fully saturated rings. The molecule has 1 amide bonds. The maximum atomic E-state index is 11.3. The van der Waals surface area contributed by atoms with Crippen molar-refractivity contribution < 1.29 is 4.79 Å². The van der Waals surface area contributed by atoms with Crippen LogP contribution < -0.4 is 11.1 Å². The van der Waals surface area contributed by atoms with E-state index in [2.05, 4.69) is 22.3 Å². The van der Waals surface area contributed by atoms with Gasteiger partial charge in [-0.05, 0) is 24.1 Å². The highest BCUT2D eigenvalue weighted by Gasteiger charge is 2.11. The molecule has 0 radical (unpaired) electrons. The van der Waals surface area contributed by atoms with Crippen LogP contribution in [0, 0.1) is 6.92 Å². The van der Waals surface area contributed by atoms with Crippen LogP contribution in [0.5, 0.6) is 0 Å². The molecule has 2 rings (SSSR count). The third-order valence-corrected chi connectivity index (χ3v) is 4.20. The van der Waals surface area contributed by atoms with Crippen molar-refractivity contribution in [2.24, 2.45) is 5.73 Å². The Labute approximate surface area is 118 Å². The molecule has 5 heteroatoms. The molecule has 104 valence electrons. The molecule has 0 saturated carbocycles. The first-order valence-electron chi connectivity index (χ1n) is 6.58. The van der Waals surface area contributed by atoms with Crippen molar-refractivity contribution in [2.45, 2.75) is 13.5 Å². The Balaban J connectivity index is 1.99. The zero-order chi connectivity index (χ0) is 13.7. The first kappa shape index (κ1) is 14.4. The summed E-state index contributed by atoms with van der Waals surface area (Å²) in [6, 6.07) is 6.20. The van der Waals surface area contributed by atoms with Gasteiger partial charge in [0.15, 0.2) is 0 Å². The molecule has 19 heavy (non-hydrogen) atoms. The number of carbonyl (C=O) groups excluding carboxylic acids is 1. The third-order valence-electron chi connectivity index (χ3n) is 3.26. The molecule has 4 nitrogen and oxygen atoms in total. The van der Waals surface area contributed by atoms with Crippen LogP contribution in [-0.4, -0.2) is 41.9 Å². The second kappa shape index (κ2) is 6.93. The molecule has 0 bridgehead atoms. The number of benzene rings is 1. The largest absolute Gasteiger partial charge is 0.325 e. The third kappa shape index (κ3) is 4.23. The fraction of sp³-hybridized carbons (Fsp3) is 0.500. The Morgan fingerprint density at radius 1 is 1.42 bits per heavy atom. The van der Waals surface area contributed by atoms with Crippen LogP contribution in [0.1, 0.15) is 11.1 Å². The maximum absolute atomic E-state index is 11.3. The molecule has 0 atom stereocenters. The number of anilines is 1. The summed E-state index contributed by atoms with van der Waals surface area (Å²) in [5, 5.41) is 2.81. The van der Waals surface area contributed by atoms with Gasteiger partial charge in [0, 0.05) is 36.8 Å². The number of carbonyl (C=O) groups is 1. The van der Waals surface area contributed by atoms with Crippen molar-refractivity contribution in [3.05, 3.63) is 29.3 Å². The van der Waals surface area contributed by atoms with Crippen molar-refractivity contribution in [2.75, 3.05) is 36.5 Å². The second-order valence-electron chi connectivity index (χ2n) is 4.79. The number of hydrogen-bond donors (Lipinski definition) is 2. The number of nitrogens with one attached hydrogen (secondary N) is 1. The average Bonchev–Trinajstić information content (AvgIpc) is 2.43. The number of amides is 1. The highest BCUT2D eigenvalue weighted by molar-refractivity contribution is 7.99. The maximum Gasteiger partial charge on any atom is 0.238 e. The lowest BCUT2D eigenvalue weighted by Crippen LogP contribution is -2.32. The Morgan fingerprint density at radius 3 is 2.79 bits per heavy atom. The molecular weight excluding hydrogens is 258 g/mol. The summed E-state index contributed by atoms with van der Waals surface area (Å²) in [7, 11) is 0. The lowest BCUT2D eigenvalue weighted by molar-refractivity contribution is -0.114. The zero-order valence-corrected chi connectivity index (χ0v) is 12.1. The molecular formula is C14H21N3OS. The average molecular weight is 279 g/mol. The molecule has 1 aromatic carbocycles. The molecule has 1 saturated heterocycles. The van der Waals surface area contributed by atoms with Crippen molar-refractivity contribution in [3.8, 4) is 0 Å². The number of nitrogens with two attached hydrogens (primary N) is 1. The van der Waals surface area contributed by atoms with Gasteiger partial charge in [-0.3, -0.25) is 9.69 Å². The van der Waals surface area contributed by atoms with Crippen molar-refractivity contribution in [1.82, 2.24) is 4.90 Å². The molecule has 0 aliphatic carbocycles. The molecule has 1 aliphatic rings. The van der Waals surface area contributed by atoms with E-state index in [4.69, 9.17) is 5.73 Å². The normalized spacial score (nSPS) is 16.3. The van der Waals surface area contributed by atoms with Gasteiger partial charge in [0.05, 0.1) is 6.54 Å². The van der Waals surface area contributed by atoms with Gasteiger partial charge in [-0.2, -0.15) is 11.8 Å². The zero-order valence-electron chi connectivity index (χ0n) is 11.3. The van der Waals surface area contributed by atoms with Gasteiger partial charge in [-0.15, -0.1) is 0 Å². The minimum absolute atomic E-state index is 0.0205. The van der Waals surface area contributed by atoms with Crippen LogP contribution in [0.15, 0.2) is 18.2 Å². The SMILES string of the molecule is Cc1cc(CN2CCSCC2)ccc1NC(=O)CN. The topological polar surface area (TPSA) is 58.4 Å². The van der Waals surface area contributed by atoms with Gasteiger partial charge in [0.1, 0.15) is 0 Å². The van der Waals surface area contributed by atoms with E-state index in [-0.39, 0.29) is 12.5 Å². The standard InChI is InChI=1S/C14H21N3OS/c1-11-8-12(10-17-4-6-19-7-5-17)2-3-13(11)16-14(18)9-15/h2-3,8H,4-7,9-10,15H2,1H3,(H,16,18). The Morgan fingerprint density at radius 2 is 2.16 bits per heavy atom. The number of nitrogens with zero attached hydrogens (tertiary/aromatic N) is 1. The number of hydrogen-bond acceptors (Lipinski definition) is 4. The van der Waals surface area contributed by atoms with Gasteiger partial charge in [-0.1, -0.05) is 12.1 Å². The Bertz CT molecular complexity index is 444. The van der Waals surface area contributed by atoms with Crippen LogP contribution in [-0.2, 0) is 11.3 Å². The van der Waals surface area contributed by atoms with E-state index in [0.29, 0.717) is 0 Å². The summed E-state index contributed by atoms with van der Waals surface area (Å²) in [6.45, 7) is 5.35. The summed E-state index contributed by atoms with van der Waals surface area (Å²) >= 11 is 2.02. The highest BCUT2D eigenvalue weighted by Crippen LogP contribution is 2.19. The monoisotopic (exact) mass is 279 g/mol. The van der Waals surface area contributed by atoms with Gasteiger partial charge in [0.25, 0.3) is 0 Å². The quantitative estimate of drug-likeness (QED) is 0.875. The first-order valence-corrected chi connectivity index (χ1v) is 7.74. The van der Waals surface area contributed by atoms with Crippen LogP contribution in [0.2, 0.25) is 0 Å². The number of thioether (sulfide) groups is 1. The molecule has 0 spiro atoms. The second-order valence-corrected chi connectivity index (χ2v) is 6.01. The molecule has 1 aromatic rings. The summed E-state index contributed by atoms with van der Waals surface area (Å²) in [4.78, 5) is 13.8. The fourth-order valence-corrected chi connectivity index (χ4v) is 3.16. The molecule has 0 unspecified atom stereocenters. The summed E-state index contributed by atoms with van der Waals surface area (Å²) in [5.41, 5.74) is 8.55.